The molecule has 0 bridgehead atoms. The average Bonchev–Trinajstić information content (AvgIpc) is 2.53. The van der Waals surface area contributed by atoms with Crippen molar-refractivity contribution in [1.29, 1.82) is 0 Å². The molecule has 1 rings (SSSR count). The van der Waals surface area contributed by atoms with Crippen molar-refractivity contribution in [2.24, 2.45) is 0 Å². The third-order valence-electron chi connectivity index (χ3n) is 2.46. The molecule has 0 radical (unpaired) electrons. The van der Waals surface area contributed by atoms with Crippen molar-refractivity contribution >= 4 is 11.7 Å². The monoisotopic (exact) mass is 241 g/mol. The zero-order chi connectivity index (χ0) is 13.2. The fourth-order valence-corrected chi connectivity index (χ4v) is 1.66. The summed E-state index contributed by atoms with van der Waals surface area (Å²) in [6, 6.07) is -0.664. The third kappa shape index (κ3) is 2.43. The fraction of sp³-hybridized carbons (Fsp3) is 0.600. The van der Waals surface area contributed by atoms with Crippen LogP contribution >= 0.6 is 0 Å². The van der Waals surface area contributed by atoms with Crippen molar-refractivity contribution in [1.82, 2.24) is 9.78 Å². The zero-order valence-electron chi connectivity index (χ0n) is 10.3. The first-order valence-corrected chi connectivity index (χ1v) is 5.26. The van der Waals surface area contributed by atoms with Gasteiger partial charge in [-0.3, -0.25) is 10.1 Å². The van der Waals surface area contributed by atoms with Crippen molar-refractivity contribution in [2.75, 3.05) is 6.61 Å². The Hall–Kier alpha value is -1.92. The molecule has 0 spiro atoms. The van der Waals surface area contributed by atoms with Crippen LogP contribution in [0.2, 0.25) is 0 Å². The Kier molecular flexibility index (Phi) is 3.82. The number of rotatable bonds is 4. The van der Waals surface area contributed by atoms with Crippen LogP contribution in [0, 0.1) is 24.0 Å². The van der Waals surface area contributed by atoms with E-state index >= 15 is 0 Å². The predicted octanol–water partition coefficient (Wildman–Crippen LogP) is 1.53. The predicted molar refractivity (Wildman–Crippen MR) is 59.7 cm³/mol. The Bertz CT molecular complexity index is 453. The van der Waals surface area contributed by atoms with Crippen molar-refractivity contribution < 1.29 is 14.5 Å². The topological polar surface area (TPSA) is 87.3 Å². The number of ether oxygens (including phenoxy) is 1. The maximum atomic E-state index is 11.5. The maximum Gasteiger partial charge on any atom is 0.330 e. The van der Waals surface area contributed by atoms with Crippen LogP contribution in [-0.4, -0.2) is 27.3 Å². The highest BCUT2D eigenvalue weighted by molar-refractivity contribution is 5.74. The molecule has 0 aromatic carbocycles. The van der Waals surface area contributed by atoms with Gasteiger partial charge in [0.25, 0.3) is 0 Å². The molecule has 0 saturated carbocycles. The molecule has 1 atom stereocenters. The summed E-state index contributed by atoms with van der Waals surface area (Å²) in [5, 5.41) is 14.8. The van der Waals surface area contributed by atoms with Gasteiger partial charge in [-0.2, -0.15) is 5.10 Å². The van der Waals surface area contributed by atoms with Gasteiger partial charge in [-0.05, 0) is 27.7 Å². The van der Waals surface area contributed by atoms with E-state index in [1.54, 1.807) is 27.7 Å². The lowest BCUT2D eigenvalue weighted by Gasteiger charge is -2.11. The molecule has 0 unspecified atom stereocenters. The Morgan fingerprint density at radius 2 is 2.18 bits per heavy atom. The summed E-state index contributed by atoms with van der Waals surface area (Å²) in [4.78, 5) is 21.8. The summed E-state index contributed by atoms with van der Waals surface area (Å²) in [6.07, 6.45) is 0. The second kappa shape index (κ2) is 4.94. The average molecular weight is 241 g/mol. The Morgan fingerprint density at radius 1 is 1.59 bits per heavy atom. The largest absolute Gasteiger partial charge is 0.464 e. The van der Waals surface area contributed by atoms with Crippen molar-refractivity contribution in [2.45, 2.75) is 33.7 Å². The maximum absolute atomic E-state index is 11.5. The lowest BCUT2D eigenvalue weighted by molar-refractivity contribution is -0.386. The third-order valence-corrected chi connectivity index (χ3v) is 2.46. The quantitative estimate of drug-likeness (QED) is 0.453. The molecule has 0 aliphatic carbocycles. The standard InChI is InChI=1S/C10H15N3O4/c1-5-17-10(14)8(4)12-7(3)9(13(15)16)6(2)11-12/h8H,5H2,1-4H3/t8-/m0/s1. The van der Waals surface area contributed by atoms with Crippen LogP contribution < -0.4 is 0 Å². The first-order valence-electron chi connectivity index (χ1n) is 5.26. The second-order valence-corrected chi connectivity index (χ2v) is 3.65. The van der Waals surface area contributed by atoms with Gasteiger partial charge in [-0.15, -0.1) is 0 Å². The zero-order valence-corrected chi connectivity index (χ0v) is 10.3. The summed E-state index contributed by atoms with van der Waals surface area (Å²) in [5.74, 6) is -0.451. The van der Waals surface area contributed by atoms with Gasteiger partial charge in [0, 0.05) is 0 Å². The molecule has 0 aliphatic rings. The number of nitrogens with zero attached hydrogens (tertiary/aromatic N) is 3. The Balaban J connectivity index is 3.12. The van der Waals surface area contributed by atoms with Gasteiger partial charge >= 0.3 is 11.7 Å². The highest BCUT2D eigenvalue weighted by Gasteiger charge is 2.27. The summed E-state index contributed by atoms with van der Waals surface area (Å²) in [5.41, 5.74) is 0.595. The molecule has 7 heteroatoms. The summed E-state index contributed by atoms with van der Waals surface area (Å²) in [6.45, 7) is 6.67. The summed E-state index contributed by atoms with van der Waals surface area (Å²) < 4.78 is 6.18. The van der Waals surface area contributed by atoms with Gasteiger partial charge < -0.3 is 4.74 Å². The van der Waals surface area contributed by atoms with Crippen molar-refractivity contribution in [3.8, 4) is 0 Å². The number of esters is 1. The minimum atomic E-state index is -0.664. The van der Waals surface area contributed by atoms with Crippen molar-refractivity contribution in [3.05, 3.63) is 21.5 Å². The van der Waals surface area contributed by atoms with Gasteiger partial charge in [0.05, 0.1) is 11.5 Å². The Morgan fingerprint density at radius 3 is 2.59 bits per heavy atom. The molecule has 7 nitrogen and oxygen atoms in total. The highest BCUT2D eigenvalue weighted by Crippen LogP contribution is 2.24. The molecule has 0 N–H and O–H groups in total. The smallest absolute Gasteiger partial charge is 0.330 e. The summed E-state index contributed by atoms with van der Waals surface area (Å²) in [7, 11) is 0. The normalized spacial score (nSPS) is 12.2. The SMILES string of the molecule is CCOC(=O)[C@H](C)n1nc(C)c([N+](=O)[O-])c1C. The number of hydrogen-bond acceptors (Lipinski definition) is 5. The molecule has 1 aromatic rings. The first kappa shape index (κ1) is 13.1. The molecular weight excluding hydrogens is 226 g/mol. The van der Waals surface area contributed by atoms with E-state index in [9.17, 15) is 14.9 Å². The van der Waals surface area contributed by atoms with Gasteiger partial charge in [0.2, 0.25) is 0 Å². The number of aryl methyl sites for hydroxylation is 1. The van der Waals surface area contributed by atoms with E-state index < -0.39 is 16.9 Å². The lowest BCUT2D eigenvalue weighted by Crippen LogP contribution is -2.21. The first-order chi connectivity index (χ1) is 7.90. The van der Waals surface area contributed by atoms with Gasteiger partial charge in [0.1, 0.15) is 17.4 Å². The number of carbonyl (C=O) groups excluding carboxylic acids is 1. The molecule has 0 saturated heterocycles. The molecule has 0 amide bonds. The number of aromatic nitrogens is 2. The molecule has 17 heavy (non-hydrogen) atoms. The minimum absolute atomic E-state index is 0.0545. The van der Waals surface area contributed by atoms with Crippen LogP contribution in [0.25, 0.3) is 0 Å². The molecule has 94 valence electrons. The minimum Gasteiger partial charge on any atom is -0.464 e. The number of carbonyl (C=O) groups is 1. The summed E-state index contributed by atoms with van der Waals surface area (Å²) >= 11 is 0. The number of hydrogen-bond donors (Lipinski definition) is 0. The second-order valence-electron chi connectivity index (χ2n) is 3.65. The van der Waals surface area contributed by atoms with E-state index in [0.29, 0.717) is 11.4 Å². The van der Waals surface area contributed by atoms with Gasteiger partial charge in [-0.1, -0.05) is 0 Å². The van der Waals surface area contributed by atoms with E-state index in [4.69, 9.17) is 4.74 Å². The number of nitro groups is 1. The Labute approximate surface area is 98.5 Å². The van der Waals surface area contributed by atoms with Crippen LogP contribution in [-0.2, 0) is 9.53 Å². The fourth-order valence-electron chi connectivity index (χ4n) is 1.66. The molecule has 0 fully saturated rings. The lowest BCUT2D eigenvalue weighted by atomic mass is 10.3. The molecule has 1 aromatic heterocycles. The van der Waals surface area contributed by atoms with E-state index in [1.165, 1.54) is 4.68 Å². The van der Waals surface area contributed by atoms with Crippen LogP contribution in [0.5, 0.6) is 0 Å². The van der Waals surface area contributed by atoms with E-state index in [1.807, 2.05) is 0 Å². The van der Waals surface area contributed by atoms with Gasteiger partial charge in [0.15, 0.2) is 0 Å². The van der Waals surface area contributed by atoms with Crippen LogP contribution in [0.4, 0.5) is 5.69 Å². The highest BCUT2D eigenvalue weighted by atomic mass is 16.6. The molecular formula is C10H15N3O4. The van der Waals surface area contributed by atoms with Gasteiger partial charge in [-0.25, -0.2) is 9.48 Å². The van der Waals surface area contributed by atoms with Crippen LogP contribution in [0.1, 0.15) is 31.3 Å². The molecule has 0 aliphatic heterocycles. The van der Waals surface area contributed by atoms with Crippen molar-refractivity contribution in [3.63, 3.8) is 0 Å². The van der Waals surface area contributed by atoms with Crippen LogP contribution in [0.15, 0.2) is 0 Å². The van der Waals surface area contributed by atoms with E-state index in [0.717, 1.165) is 0 Å². The molecule has 1 heterocycles. The van der Waals surface area contributed by atoms with E-state index in [2.05, 4.69) is 5.10 Å². The van der Waals surface area contributed by atoms with Crippen LogP contribution in [0.3, 0.4) is 0 Å². The van der Waals surface area contributed by atoms with E-state index in [-0.39, 0.29) is 12.3 Å².